The van der Waals surface area contributed by atoms with Crippen LogP contribution < -0.4 is 10.6 Å². The van der Waals surface area contributed by atoms with Crippen LogP contribution in [0.5, 0.6) is 0 Å². The predicted octanol–water partition coefficient (Wildman–Crippen LogP) is 3.01. The highest BCUT2D eigenvalue weighted by Crippen LogP contribution is 2.31. The molecule has 180 valence electrons. The van der Waals surface area contributed by atoms with Crippen molar-refractivity contribution in [2.24, 2.45) is 7.05 Å². The minimum absolute atomic E-state index is 0.178. The molecule has 1 unspecified atom stereocenters. The molecule has 4 heterocycles. The predicted molar refractivity (Wildman–Crippen MR) is 134 cm³/mol. The summed E-state index contributed by atoms with van der Waals surface area (Å²) in [7, 11) is 1.96. The molecule has 0 aliphatic carbocycles. The number of anilines is 1. The Morgan fingerprint density at radius 2 is 2.03 bits per heavy atom. The summed E-state index contributed by atoms with van der Waals surface area (Å²) in [5, 5.41) is 8.00. The van der Waals surface area contributed by atoms with Gasteiger partial charge in [0.25, 0.3) is 5.91 Å². The Morgan fingerprint density at radius 3 is 2.89 bits per heavy atom. The van der Waals surface area contributed by atoms with E-state index in [1.54, 1.807) is 17.2 Å². The molecule has 3 amide bonds. The number of imide groups is 1. The first-order chi connectivity index (χ1) is 17.5. The maximum atomic E-state index is 13.0. The SMILES string of the molecule is Cn1cc(-c2ccc3c(c2)CN(C2CCC(=O)NC2=O)C3=O)nc1CNc1cccc2cnccc12. The zero-order valence-electron chi connectivity index (χ0n) is 19.7. The third-order valence-corrected chi connectivity index (χ3v) is 6.91. The Labute approximate surface area is 207 Å². The lowest BCUT2D eigenvalue weighted by Gasteiger charge is -2.29. The van der Waals surface area contributed by atoms with Crippen LogP contribution in [0.25, 0.3) is 22.0 Å². The van der Waals surface area contributed by atoms with E-state index < -0.39 is 11.9 Å². The molecule has 2 N–H and O–H groups in total. The average molecular weight is 481 g/mol. The van der Waals surface area contributed by atoms with Crippen molar-refractivity contribution in [2.75, 3.05) is 5.32 Å². The largest absolute Gasteiger partial charge is 0.377 e. The number of imidazole rings is 1. The molecule has 1 saturated heterocycles. The molecule has 6 rings (SSSR count). The number of hydrogen-bond acceptors (Lipinski definition) is 6. The van der Waals surface area contributed by atoms with Gasteiger partial charge in [-0.3, -0.25) is 24.7 Å². The number of pyridine rings is 1. The summed E-state index contributed by atoms with van der Waals surface area (Å²) in [5.74, 6) is -0.00222. The van der Waals surface area contributed by atoms with Crippen LogP contribution in [-0.2, 0) is 29.7 Å². The Morgan fingerprint density at radius 1 is 1.14 bits per heavy atom. The van der Waals surface area contributed by atoms with E-state index in [1.807, 2.05) is 60.4 Å². The molecule has 2 aliphatic heterocycles. The van der Waals surface area contributed by atoms with E-state index in [0.717, 1.165) is 39.1 Å². The van der Waals surface area contributed by atoms with Gasteiger partial charge in [-0.1, -0.05) is 18.2 Å². The molecule has 9 heteroatoms. The molecule has 2 aromatic carbocycles. The molecule has 1 fully saturated rings. The first-order valence-corrected chi connectivity index (χ1v) is 11.8. The van der Waals surface area contributed by atoms with Gasteiger partial charge in [0, 0.05) is 66.2 Å². The second-order valence-corrected chi connectivity index (χ2v) is 9.18. The van der Waals surface area contributed by atoms with E-state index in [9.17, 15) is 14.4 Å². The van der Waals surface area contributed by atoms with Crippen LogP contribution in [0.4, 0.5) is 5.69 Å². The van der Waals surface area contributed by atoms with E-state index in [4.69, 9.17) is 4.98 Å². The van der Waals surface area contributed by atoms with Crippen LogP contribution in [0.15, 0.2) is 61.1 Å². The average Bonchev–Trinajstić information content (AvgIpc) is 3.41. The summed E-state index contributed by atoms with van der Waals surface area (Å²) < 4.78 is 1.99. The third-order valence-electron chi connectivity index (χ3n) is 6.91. The summed E-state index contributed by atoms with van der Waals surface area (Å²) in [6.45, 7) is 0.885. The van der Waals surface area contributed by atoms with Crippen molar-refractivity contribution in [1.29, 1.82) is 0 Å². The molecule has 1 atom stereocenters. The smallest absolute Gasteiger partial charge is 0.255 e. The summed E-state index contributed by atoms with van der Waals surface area (Å²) in [4.78, 5) is 47.4. The Hall–Kier alpha value is -4.53. The maximum absolute atomic E-state index is 13.0. The van der Waals surface area contributed by atoms with Gasteiger partial charge in [-0.05, 0) is 36.2 Å². The van der Waals surface area contributed by atoms with Crippen LogP contribution >= 0.6 is 0 Å². The van der Waals surface area contributed by atoms with E-state index in [0.29, 0.717) is 25.1 Å². The van der Waals surface area contributed by atoms with Gasteiger partial charge in [0.05, 0.1) is 12.2 Å². The second-order valence-electron chi connectivity index (χ2n) is 9.18. The summed E-state index contributed by atoms with van der Waals surface area (Å²) in [5.41, 5.74) is 4.18. The van der Waals surface area contributed by atoms with E-state index in [1.165, 1.54) is 0 Å². The quantitative estimate of drug-likeness (QED) is 0.425. The minimum atomic E-state index is -0.622. The number of amides is 3. The van der Waals surface area contributed by atoms with E-state index >= 15 is 0 Å². The Bertz CT molecular complexity index is 1540. The van der Waals surface area contributed by atoms with Gasteiger partial charge >= 0.3 is 0 Å². The van der Waals surface area contributed by atoms with E-state index in [2.05, 4.69) is 15.6 Å². The number of aromatic nitrogens is 3. The molecule has 0 radical (unpaired) electrons. The number of benzene rings is 2. The zero-order chi connectivity index (χ0) is 24.8. The number of hydrogen-bond donors (Lipinski definition) is 2. The topological polar surface area (TPSA) is 109 Å². The fourth-order valence-electron chi connectivity index (χ4n) is 4.99. The van der Waals surface area contributed by atoms with Gasteiger partial charge in [0.1, 0.15) is 11.9 Å². The van der Waals surface area contributed by atoms with Crippen molar-refractivity contribution in [3.05, 3.63) is 78.0 Å². The monoisotopic (exact) mass is 480 g/mol. The standard InChI is InChI=1S/C27H24N6O3/c1-32-15-22(30-24(32)13-29-21-4-2-3-17-12-28-10-9-19(17)21)16-5-6-20-18(11-16)14-33(27(20)36)23-7-8-25(34)31-26(23)35/h2-6,9-12,15,23,29H,7-8,13-14H2,1H3,(H,31,34,35). The van der Waals surface area contributed by atoms with E-state index in [-0.39, 0.29) is 18.2 Å². The molecule has 0 saturated carbocycles. The van der Waals surface area contributed by atoms with Crippen molar-refractivity contribution in [1.82, 2.24) is 24.8 Å². The second kappa shape index (κ2) is 8.60. The lowest BCUT2D eigenvalue weighted by molar-refractivity contribution is -0.136. The highest BCUT2D eigenvalue weighted by molar-refractivity contribution is 6.05. The van der Waals surface area contributed by atoms with Crippen LogP contribution in [0.1, 0.15) is 34.6 Å². The molecular weight excluding hydrogens is 456 g/mol. The van der Waals surface area contributed by atoms with Crippen LogP contribution in [0.2, 0.25) is 0 Å². The molecule has 4 aromatic rings. The lowest BCUT2D eigenvalue weighted by Crippen LogP contribution is -2.52. The van der Waals surface area contributed by atoms with Crippen molar-refractivity contribution in [2.45, 2.75) is 32.0 Å². The summed E-state index contributed by atoms with van der Waals surface area (Å²) >= 11 is 0. The number of nitrogens with one attached hydrogen (secondary N) is 2. The number of rotatable bonds is 5. The van der Waals surface area contributed by atoms with Crippen molar-refractivity contribution in [3.63, 3.8) is 0 Å². The van der Waals surface area contributed by atoms with Gasteiger partial charge in [-0.2, -0.15) is 0 Å². The first-order valence-electron chi connectivity index (χ1n) is 11.8. The number of fused-ring (bicyclic) bond motifs is 2. The van der Waals surface area contributed by atoms with Crippen LogP contribution in [0, 0.1) is 0 Å². The highest BCUT2D eigenvalue weighted by atomic mass is 16.2. The van der Waals surface area contributed by atoms with Crippen molar-refractivity contribution in [3.8, 4) is 11.3 Å². The van der Waals surface area contributed by atoms with Gasteiger partial charge in [-0.25, -0.2) is 4.98 Å². The number of piperidine rings is 1. The number of nitrogens with zero attached hydrogens (tertiary/aromatic N) is 4. The van der Waals surface area contributed by atoms with Gasteiger partial charge < -0.3 is 14.8 Å². The molecule has 36 heavy (non-hydrogen) atoms. The zero-order valence-corrected chi connectivity index (χ0v) is 19.7. The molecule has 0 bridgehead atoms. The van der Waals surface area contributed by atoms with Gasteiger partial charge in [-0.15, -0.1) is 0 Å². The molecule has 9 nitrogen and oxygen atoms in total. The fourth-order valence-corrected chi connectivity index (χ4v) is 4.99. The van der Waals surface area contributed by atoms with Gasteiger partial charge in [0.15, 0.2) is 0 Å². The minimum Gasteiger partial charge on any atom is -0.377 e. The molecule has 2 aliphatic rings. The Balaban J connectivity index is 1.21. The lowest BCUT2D eigenvalue weighted by atomic mass is 10.0. The molecule has 0 spiro atoms. The van der Waals surface area contributed by atoms with Gasteiger partial charge in [0.2, 0.25) is 11.8 Å². The van der Waals surface area contributed by atoms with Crippen LogP contribution in [-0.4, -0.2) is 43.2 Å². The maximum Gasteiger partial charge on any atom is 0.255 e. The molecular formula is C27H24N6O3. The van der Waals surface area contributed by atoms with Crippen molar-refractivity contribution < 1.29 is 14.4 Å². The van der Waals surface area contributed by atoms with Crippen molar-refractivity contribution >= 4 is 34.2 Å². The number of carbonyl (C=O) groups is 3. The number of aryl methyl sites for hydroxylation is 1. The fraction of sp³-hybridized carbons (Fsp3) is 0.222. The number of carbonyl (C=O) groups excluding carboxylic acids is 3. The first kappa shape index (κ1) is 22.0. The summed E-state index contributed by atoms with van der Waals surface area (Å²) in [6.07, 6.45) is 6.19. The Kier molecular flexibility index (Phi) is 5.25. The molecule has 2 aromatic heterocycles. The normalized spacial score (nSPS) is 17.4. The highest BCUT2D eigenvalue weighted by Gasteiger charge is 2.39. The van der Waals surface area contributed by atoms with Crippen LogP contribution in [0.3, 0.4) is 0 Å². The third kappa shape index (κ3) is 3.78. The summed E-state index contributed by atoms with van der Waals surface area (Å²) in [6, 6.07) is 13.1.